The van der Waals surface area contributed by atoms with Crippen LogP contribution in [0.3, 0.4) is 0 Å². The molecule has 0 aliphatic carbocycles. The van der Waals surface area contributed by atoms with Crippen LogP contribution in [0.4, 0.5) is 0 Å². The number of aryl methyl sites for hydroxylation is 1. The maximum absolute atomic E-state index is 12.7. The van der Waals surface area contributed by atoms with Crippen molar-refractivity contribution in [2.45, 2.75) is 33.2 Å². The Labute approximate surface area is 211 Å². The van der Waals surface area contributed by atoms with E-state index in [4.69, 9.17) is 32.2 Å². The number of ether oxygens (including phenoxy) is 3. The SMILES string of the molecule is C#CCOc1c(Cl)cc(/C=N\NC(=O)[C@H](CC(C)C)NC(=O)COc2ccccc2C)cc1OC. The third kappa shape index (κ3) is 8.87. The Kier molecular flexibility index (Phi) is 10.9. The molecular formula is C26H30ClN3O5. The Morgan fingerprint density at radius 3 is 2.60 bits per heavy atom. The molecule has 0 fully saturated rings. The fourth-order valence-corrected chi connectivity index (χ4v) is 3.39. The Bertz CT molecular complexity index is 1090. The smallest absolute Gasteiger partial charge is 0.262 e. The molecule has 1 atom stereocenters. The molecule has 0 saturated carbocycles. The lowest BCUT2D eigenvalue weighted by Gasteiger charge is -2.19. The summed E-state index contributed by atoms with van der Waals surface area (Å²) in [5.41, 5.74) is 3.95. The number of halogens is 1. The number of methoxy groups -OCH3 is 1. The van der Waals surface area contributed by atoms with Crippen molar-refractivity contribution < 1.29 is 23.8 Å². The zero-order chi connectivity index (χ0) is 25.8. The minimum absolute atomic E-state index is 0.0402. The number of nitrogens with zero attached hydrogens (tertiary/aromatic N) is 1. The molecule has 0 aromatic heterocycles. The van der Waals surface area contributed by atoms with Gasteiger partial charge in [0.05, 0.1) is 18.3 Å². The first-order chi connectivity index (χ1) is 16.7. The summed E-state index contributed by atoms with van der Waals surface area (Å²) in [6, 6.07) is 9.85. The van der Waals surface area contributed by atoms with Crippen LogP contribution in [0.2, 0.25) is 5.02 Å². The summed E-state index contributed by atoms with van der Waals surface area (Å²) in [4.78, 5) is 25.2. The number of hydrogen-bond donors (Lipinski definition) is 2. The Morgan fingerprint density at radius 1 is 1.20 bits per heavy atom. The fraction of sp³-hybridized carbons (Fsp3) is 0.346. The van der Waals surface area contributed by atoms with E-state index >= 15 is 0 Å². The van der Waals surface area contributed by atoms with E-state index in [0.717, 1.165) is 5.56 Å². The Balaban J connectivity index is 2.01. The number of amides is 2. The van der Waals surface area contributed by atoms with Crippen LogP contribution in [0, 0.1) is 25.2 Å². The van der Waals surface area contributed by atoms with E-state index in [9.17, 15) is 9.59 Å². The molecule has 2 aromatic rings. The van der Waals surface area contributed by atoms with E-state index < -0.39 is 17.9 Å². The predicted octanol–water partition coefficient (Wildman–Crippen LogP) is 3.73. The number of nitrogens with one attached hydrogen (secondary N) is 2. The molecule has 0 saturated heterocycles. The van der Waals surface area contributed by atoms with E-state index in [0.29, 0.717) is 29.2 Å². The van der Waals surface area contributed by atoms with Crippen molar-refractivity contribution in [2.24, 2.45) is 11.0 Å². The van der Waals surface area contributed by atoms with E-state index in [-0.39, 0.29) is 24.2 Å². The highest BCUT2D eigenvalue weighted by molar-refractivity contribution is 6.32. The molecule has 2 N–H and O–H groups in total. The quantitative estimate of drug-likeness (QED) is 0.263. The first kappa shape index (κ1) is 27.5. The summed E-state index contributed by atoms with van der Waals surface area (Å²) in [7, 11) is 1.47. The molecule has 0 aliphatic heterocycles. The highest BCUT2D eigenvalue weighted by Crippen LogP contribution is 2.36. The molecule has 0 radical (unpaired) electrons. The molecule has 35 heavy (non-hydrogen) atoms. The summed E-state index contributed by atoms with van der Waals surface area (Å²) in [6.45, 7) is 5.64. The topological polar surface area (TPSA) is 98.2 Å². The van der Waals surface area contributed by atoms with Crippen molar-refractivity contribution in [3.05, 3.63) is 52.5 Å². The van der Waals surface area contributed by atoms with Gasteiger partial charge in [0.1, 0.15) is 18.4 Å². The number of benzene rings is 2. The summed E-state index contributed by atoms with van der Waals surface area (Å²) in [5.74, 6) is 2.97. The van der Waals surface area contributed by atoms with Gasteiger partial charge in [0.25, 0.3) is 11.8 Å². The lowest BCUT2D eigenvalue weighted by molar-refractivity contribution is -0.130. The first-order valence-corrected chi connectivity index (χ1v) is 11.4. The van der Waals surface area contributed by atoms with Crippen LogP contribution in [0.15, 0.2) is 41.5 Å². The van der Waals surface area contributed by atoms with Crippen molar-refractivity contribution in [3.63, 3.8) is 0 Å². The number of carbonyl (C=O) groups is 2. The minimum Gasteiger partial charge on any atom is -0.493 e. The van der Waals surface area contributed by atoms with Gasteiger partial charge >= 0.3 is 0 Å². The van der Waals surface area contributed by atoms with Crippen molar-refractivity contribution >= 4 is 29.6 Å². The predicted molar refractivity (Wildman–Crippen MR) is 136 cm³/mol. The summed E-state index contributed by atoms with van der Waals surface area (Å²) < 4.78 is 16.3. The third-order valence-corrected chi connectivity index (χ3v) is 5.03. The van der Waals surface area contributed by atoms with Gasteiger partial charge in [0.2, 0.25) is 0 Å². The Hall–Kier alpha value is -3.70. The maximum atomic E-state index is 12.7. The standard InChI is InChI=1S/C26H30ClN3O5/c1-6-11-34-25-20(27)13-19(14-23(25)33-5)15-28-30-26(32)21(12-17(2)3)29-24(31)16-35-22-10-8-7-9-18(22)4/h1,7-10,13-15,17,21H,11-12,16H2,2-5H3,(H,29,31)(H,30,32)/b28-15-/t21-/m0/s1. The first-order valence-electron chi connectivity index (χ1n) is 11.0. The summed E-state index contributed by atoms with van der Waals surface area (Å²) >= 11 is 6.26. The molecule has 2 aromatic carbocycles. The average molecular weight is 500 g/mol. The van der Waals surface area contributed by atoms with Gasteiger partial charge in [-0.2, -0.15) is 5.10 Å². The van der Waals surface area contributed by atoms with E-state index in [1.165, 1.54) is 13.3 Å². The summed E-state index contributed by atoms with van der Waals surface area (Å²) in [5, 5.41) is 7.00. The van der Waals surface area contributed by atoms with Crippen LogP contribution in [0.5, 0.6) is 17.2 Å². The van der Waals surface area contributed by atoms with Crippen LogP contribution in [0.25, 0.3) is 0 Å². The number of hydrogen-bond acceptors (Lipinski definition) is 6. The van der Waals surface area contributed by atoms with Crippen LogP contribution in [0.1, 0.15) is 31.4 Å². The zero-order valence-corrected chi connectivity index (χ0v) is 21.0. The van der Waals surface area contributed by atoms with Gasteiger partial charge in [-0.05, 0) is 48.6 Å². The molecule has 2 amide bonds. The second kappa shape index (κ2) is 13.9. The normalized spacial score (nSPS) is 11.6. The molecule has 8 nitrogen and oxygen atoms in total. The average Bonchev–Trinajstić information content (AvgIpc) is 2.81. The van der Waals surface area contributed by atoms with Crippen LogP contribution < -0.4 is 25.0 Å². The Morgan fingerprint density at radius 2 is 1.94 bits per heavy atom. The zero-order valence-electron chi connectivity index (χ0n) is 20.3. The number of hydrazone groups is 1. The molecule has 0 unspecified atom stereocenters. The van der Waals surface area contributed by atoms with Crippen molar-refractivity contribution in [1.82, 2.24) is 10.7 Å². The van der Waals surface area contributed by atoms with E-state index in [1.807, 2.05) is 39.0 Å². The maximum Gasteiger partial charge on any atom is 0.262 e. The van der Waals surface area contributed by atoms with Crippen molar-refractivity contribution in [2.75, 3.05) is 20.3 Å². The minimum atomic E-state index is -0.780. The van der Waals surface area contributed by atoms with Gasteiger partial charge in [-0.1, -0.05) is 49.6 Å². The van der Waals surface area contributed by atoms with Crippen LogP contribution in [-0.4, -0.2) is 44.4 Å². The van der Waals surface area contributed by atoms with E-state index in [2.05, 4.69) is 21.8 Å². The van der Waals surface area contributed by atoms with Crippen LogP contribution in [-0.2, 0) is 9.59 Å². The lowest BCUT2D eigenvalue weighted by Crippen LogP contribution is -2.47. The molecular weight excluding hydrogens is 470 g/mol. The molecule has 0 aliphatic rings. The van der Waals surface area contributed by atoms with E-state index in [1.54, 1.807) is 18.2 Å². The lowest BCUT2D eigenvalue weighted by atomic mass is 10.0. The second-order valence-corrected chi connectivity index (χ2v) is 8.47. The van der Waals surface area contributed by atoms with Crippen molar-refractivity contribution in [3.8, 4) is 29.6 Å². The monoisotopic (exact) mass is 499 g/mol. The number of rotatable bonds is 12. The van der Waals surface area contributed by atoms with Crippen molar-refractivity contribution in [1.29, 1.82) is 0 Å². The molecule has 0 heterocycles. The highest BCUT2D eigenvalue weighted by atomic mass is 35.5. The second-order valence-electron chi connectivity index (χ2n) is 8.06. The number of carbonyl (C=O) groups excluding carboxylic acids is 2. The molecule has 9 heteroatoms. The van der Waals surface area contributed by atoms with Gasteiger partial charge in [-0.15, -0.1) is 6.42 Å². The van der Waals surface area contributed by atoms with Gasteiger partial charge in [0.15, 0.2) is 18.1 Å². The van der Waals surface area contributed by atoms with Crippen LogP contribution >= 0.6 is 11.6 Å². The molecule has 186 valence electrons. The number of terminal acetylenes is 1. The van der Waals surface area contributed by atoms with Gasteiger partial charge < -0.3 is 19.5 Å². The largest absolute Gasteiger partial charge is 0.493 e. The summed E-state index contributed by atoms with van der Waals surface area (Å²) in [6.07, 6.45) is 7.06. The van der Waals surface area contributed by atoms with Gasteiger partial charge in [-0.3, -0.25) is 9.59 Å². The number of para-hydroxylation sites is 1. The fourth-order valence-electron chi connectivity index (χ4n) is 3.12. The third-order valence-electron chi connectivity index (χ3n) is 4.75. The highest BCUT2D eigenvalue weighted by Gasteiger charge is 2.22. The van der Waals surface area contributed by atoms with Gasteiger partial charge in [-0.25, -0.2) is 5.43 Å². The van der Waals surface area contributed by atoms with Gasteiger partial charge in [0, 0.05) is 0 Å². The molecule has 0 spiro atoms. The molecule has 2 rings (SSSR count). The molecule has 0 bridgehead atoms.